The van der Waals surface area contributed by atoms with Crippen LogP contribution in [-0.4, -0.2) is 95.3 Å². The van der Waals surface area contributed by atoms with Gasteiger partial charge in [-0.25, -0.2) is 9.59 Å². The Morgan fingerprint density at radius 3 is 1.00 bits per heavy atom. The third-order valence-electron chi connectivity index (χ3n) is 5.38. The molecule has 146 valence electrons. The molecule has 5 atom stereocenters. The van der Waals surface area contributed by atoms with Gasteiger partial charge in [0.1, 0.15) is 0 Å². The van der Waals surface area contributed by atoms with E-state index in [9.17, 15) is 9.59 Å². The summed E-state index contributed by atoms with van der Waals surface area (Å²) in [6.45, 7) is 9.75. The second-order valence-corrected chi connectivity index (χ2v) is 6.55. The van der Waals surface area contributed by atoms with Gasteiger partial charge in [-0.3, -0.25) is 19.6 Å². The average Bonchev–Trinajstić information content (AvgIpc) is 3.32. The normalized spacial score (nSPS) is 37.3. The predicted octanol–water partition coefficient (Wildman–Crippen LogP) is 0.591. The van der Waals surface area contributed by atoms with Crippen LogP contribution in [0.5, 0.6) is 0 Å². The SMILES string of the molecule is CCN1C(=O)N(CC)[C@H]2OC(C3O[C@H]4[C@H](O3)N(CC)C(=O)N4CC)O[C@H]21. The van der Waals surface area contributed by atoms with E-state index in [0.29, 0.717) is 26.2 Å². The molecule has 1 unspecified atom stereocenters. The summed E-state index contributed by atoms with van der Waals surface area (Å²) in [6.07, 6.45) is -3.40. The van der Waals surface area contributed by atoms with Gasteiger partial charge in [0, 0.05) is 26.2 Å². The van der Waals surface area contributed by atoms with Crippen molar-refractivity contribution in [3.8, 4) is 0 Å². The zero-order valence-corrected chi connectivity index (χ0v) is 15.5. The van der Waals surface area contributed by atoms with Gasteiger partial charge in [-0.05, 0) is 27.7 Å². The Labute approximate surface area is 152 Å². The Balaban J connectivity index is 1.48. The fourth-order valence-electron chi connectivity index (χ4n) is 4.08. The van der Waals surface area contributed by atoms with E-state index in [1.807, 2.05) is 27.7 Å². The topological polar surface area (TPSA) is 84.0 Å². The van der Waals surface area contributed by atoms with E-state index in [1.54, 1.807) is 19.6 Å². The van der Waals surface area contributed by atoms with Crippen molar-refractivity contribution in [2.75, 3.05) is 26.2 Å². The Morgan fingerprint density at radius 2 is 0.808 bits per heavy atom. The summed E-state index contributed by atoms with van der Waals surface area (Å²) >= 11 is 0. The van der Waals surface area contributed by atoms with Crippen LogP contribution < -0.4 is 0 Å². The fraction of sp³-hybridized carbons (Fsp3) is 0.875. The minimum atomic E-state index is -0.751. The highest BCUT2D eigenvalue weighted by Crippen LogP contribution is 2.39. The van der Waals surface area contributed by atoms with Crippen LogP contribution in [0, 0.1) is 0 Å². The number of hydrogen-bond acceptors (Lipinski definition) is 6. The molecule has 4 aliphatic heterocycles. The van der Waals surface area contributed by atoms with Crippen LogP contribution in [0.15, 0.2) is 0 Å². The highest BCUT2D eigenvalue weighted by Gasteiger charge is 2.59. The standard InChI is InChI=1S/C16H26N4O6/c1-5-17-9-10(18(6-2)15(17)21)24-13(23-9)14-25-11-12(26-14)20(8-4)16(22)19(11)7-3/h9-14H,5-8H2,1-4H3/t9-,10-,11-,12+,14?/m0/s1. The van der Waals surface area contributed by atoms with Crippen molar-refractivity contribution in [3.05, 3.63) is 0 Å². The molecule has 0 bridgehead atoms. The number of likely N-dealkylation sites (N-methyl/N-ethyl adjacent to an activating group) is 4. The molecule has 0 aliphatic carbocycles. The van der Waals surface area contributed by atoms with Gasteiger partial charge in [-0.15, -0.1) is 0 Å². The number of carbonyl (C=O) groups is 2. The summed E-state index contributed by atoms with van der Waals surface area (Å²) in [5, 5.41) is 0. The molecular formula is C16H26N4O6. The number of fused-ring (bicyclic) bond motifs is 2. The van der Waals surface area contributed by atoms with Gasteiger partial charge in [-0.1, -0.05) is 0 Å². The third kappa shape index (κ3) is 2.32. The Bertz CT molecular complexity index is 497. The first kappa shape index (κ1) is 17.8. The van der Waals surface area contributed by atoms with Gasteiger partial charge in [0.25, 0.3) is 0 Å². The van der Waals surface area contributed by atoms with Crippen molar-refractivity contribution in [2.45, 2.75) is 65.2 Å². The molecule has 0 radical (unpaired) electrons. The fourth-order valence-corrected chi connectivity index (χ4v) is 4.08. The lowest BCUT2D eigenvalue weighted by Gasteiger charge is -2.26. The zero-order valence-electron chi connectivity index (χ0n) is 15.5. The van der Waals surface area contributed by atoms with Crippen molar-refractivity contribution in [1.29, 1.82) is 0 Å². The highest BCUT2D eigenvalue weighted by atomic mass is 16.8. The lowest BCUT2D eigenvalue weighted by Crippen LogP contribution is -2.42. The van der Waals surface area contributed by atoms with E-state index in [0.717, 1.165) is 0 Å². The number of nitrogens with zero attached hydrogens (tertiary/aromatic N) is 4. The maximum atomic E-state index is 12.3. The van der Waals surface area contributed by atoms with E-state index < -0.39 is 37.5 Å². The number of rotatable bonds is 5. The lowest BCUT2D eigenvalue weighted by atomic mass is 10.4. The summed E-state index contributed by atoms with van der Waals surface area (Å²) in [6, 6.07) is -0.179. The quantitative estimate of drug-likeness (QED) is 0.704. The summed E-state index contributed by atoms with van der Waals surface area (Å²) in [5.74, 6) is 0. The van der Waals surface area contributed by atoms with Crippen LogP contribution in [0.2, 0.25) is 0 Å². The number of carbonyl (C=O) groups excluding carboxylic acids is 2. The second kappa shape index (κ2) is 6.52. The van der Waals surface area contributed by atoms with E-state index >= 15 is 0 Å². The first-order chi connectivity index (χ1) is 12.5. The molecule has 4 amide bonds. The molecule has 0 aromatic rings. The first-order valence-corrected chi connectivity index (χ1v) is 9.31. The third-order valence-corrected chi connectivity index (χ3v) is 5.38. The maximum Gasteiger partial charge on any atom is 0.324 e. The molecule has 0 N–H and O–H groups in total. The van der Waals surface area contributed by atoms with Crippen LogP contribution >= 0.6 is 0 Å². The van der Waals surface area contributed by atoms with Crippen LogP contribution in [0.3, 0.4) is 0 Å². The maximum absolute atomic E-state index is 12.3. The molecule has 0 spiro atoms. The minimum absolute atomic E-state index is 0.0894. The van der Waals surface area contributed by atoms with Crippen molar-refractivity contribution in [2.24, 2.45) is 0 Å². The number of ether oxygens (including phenoxy) is 4. The molecular weight excluding hydrogens is 344 g/mol. The summed E-state index contributed by atoms with van der Waals surface area (Å²) < 4.78 is 23.9. The Morgan fingerprint density at radius 1 is 0.577 bits per heavy atom. The molecule has 4 fully saturated rings. The monoisotopic (exact) mass is 370 g/mol. The number of amides is 4. The van der Waals surface area contributed by atoms with Gasteiger partial charge in [0.15, 0.2) is 24.9 Å². The zero-order chi connectivity index (χ0) is 18.6. The molecule has 26 heavy (non-hydrogen) atoms. The number of hydrogen-bond donors (Lipinski definition) is 0. The van der Waals surface area contributed by atoms with E-state index in [2.05, 4.69) is 0 Å². The largest absolute Gasteiger partial charge is 0.324 e. The van der Waals surface area contributed by atoms with E-state index in [-0.39, 0.29) is 12.1 Å². The smallest absolute Gasteiger partial charge is 0.319 e. The van der Waals surface area contributed by atoms with E-state index in [1.165, 1.54) is 0 Å². The van der Waals surface area contributed by atoms with Crippen molar-refractivity contribution in [1.82, 2.24) is 19.6 Å². The Kier molecular flexibility index (Phi) is 4.46. The summed E-state index contributed by atoms with van der Waals surface area (Å²) in [7, 11) is 0. The van der Waals surface area contributed by atoms with Crippen LogP contribution in [-0.2, 0) is 18.9 Å². The molecule has 0 saturated carbocycles. The Hall–Kier alpha value is -1.62. The predicted molar refractivity (Wildman–Crippen MR) is 87.4 cm³/mol. The summed E-state index contributed by atoms with van der Waals surface area (Å²) in [4.78, 5) is 31.3. The molecule has 4 aliphatic rings. The van der Waals surface area contributed by atoms with Gasteiger partial charge in [0.2, 0.25) is 12.6 Å². The molecule has 4 rings (SSSR count). The molecule has 10 heteroatoms. The molecule has 4 heterocycles. The minimum Gasteiger partial charge on any atom is -0.319 e. The first-order valence-electron chi connectivity index (χ1n) is 9.31. The lowest BCUT2D eigenvalue weighted by molar-refractivity contribution is -0.242. The number of urea groups is 2. The van der Waals surface area contributed by atoms with Crippen LogP contribution in [0.4, 0.5) is 9.59 Å². The second-order valence-electron chi connectivity index (χ2n) is 6.55. The van der Waals surface area contributed by atoms with Crippen molar-refractivity contribution in [3.63, 3.8) is 0 Å². The van der Waals surface area contributed by atoms with E-state index in [4.69, 9.17) is 18.9 Å². The van der Waals surface area contributed by atoms with Crippen LogP contribution in [0.1, 0.15) is 27.7 Å². The summed E-state index contributed by atoms with van der Waals surface area (Å²) in [5.41, 5.74) is 0. The molecule has 10 nitrogen and oxygen atoms in total. The van der Waals surface area contributed by atoms with Gasteiger partial charge in [0.05, 0.1) is 0 Å². The molecule has 0 aromatic carbocycles. The van der Waals surface area contributed by atoms with Crippen molar-refractivity contribution < 1.29 is 28.5 Å². The molecule has 0 aromatic heterocycles. The van der Waals surface area contributed by atoms with Crippen molar-refractivity contribution >= 4 is 12.1 Å². The van der Waals surface area contributed by atoms with Gasteiger partial charge >= 0.3 is 12.1 Å². The average molecular weight is 370 g/mol. The van der Waals surface area contributed by atoms with Crippen LogP contribution in [0.25, 0.3) is 0 Å². The molecule has 4 saturated heterocycles. The van der Waals surface area contributed by atoms with Gasteiger partial charge in [-0.2, -0.15) is 0 Å². The van der Waals surface area contributed by atoms with Gasteiger partial charge < -0.3 is 18.9 Å². The highest BCUT2D eigenvalue weighted by molar-refractivity contribution is 5.78.